The van der Waals surface area contributed by atoms with E-state index in [1.54, 1.807) is 28.2 Å². The van der Waals surface area contributed by atoms with Crippen molar-refractivity contribution in [2.45, 2.75) is 24.8 Å². The van der Waals surface area contributed by atoms with Crippen LogP contribution >= 0.6 is 11.8 Å². The molecular weight excluding hydrogens is 358 g/mol. The number of allylic oxidation sites excluding steroid dienone is 1. The van der Waals surface area contributed by atoms with Gasteiger partial charge in [0.15, 0.2) is 5.82 Å². The van der Waals surface area contributed by atoms with Crippen molar-refractivity contribution in [3.63, 3.8) is 0 Å². The molecule has 0 amide bonds. The number of benzene rings is 1. The highest BCUT2D eigenvalue weighted by Crippen LogP contribution is 2.42. The van der Waals surface area contributed by atoms with Crippen molar-refractivity contribution in [3.05, 3.63) is 53.2 Å². The summed E-state index contributed by atoms with van der Waals surface area (Å²) >= 11 is 1.70. The first-order valence-electron chi connectivity index (χ1n) is 9.02. The van der Waals surface area contributed by atoms with Crippen LogP contribution in [0.3, 0.4) is 0 Å². The molecule has 0 aliphatic heterocycles. The quantitative estimate of drug-likeness (QED) is 0.683. The number of rotatable bonds is 5. The Morgan fingerprint density at radius 3 is 2.81 bits per heavy atom. The Labute approximate surface area is 163 Å². The number of fused-ring (bicyclic) bond motifs is 1. The molecule has 1 aromatic carbocycles. The van der Waals surface area contributed by atoms with E-state index in [-0.39, 0.29) is 0 Å². The molecule has 0 spiro atoms. The molecule has 2 heterocycles. The van der Waals surface area contributed by atoms with E-state index in [1.807, 2.05) is 31.4 Å². The van der Waals surface area contributed by atoms with E-state index in [0.717, 1.165) is 46.3 Å². The molecule has 27 heavy (non-hydrogen) atoms. The molecule has 1 aliphatic rings. The van der Waals surface area contributed by atoms with Crippen LogP contribution in [0.2, 0.25) is 0 Å². The summed E-state index contributed by atoms with van der Waals surface area (Å²) in [5, 5.41) is 10.2. The summed E-state index contributed by atoms with van der Waals surface area (Å²) in [7, 11) is 3.61. The molecule has 0 radical (unpaired) electrons. The zero-order valence-electron chi connectivity index (χ0n) is 15.8. The molecule has 2 aromatic heterocycles. The van der Waals surface area contributed by atoms with E-state index >= 15 is 0 Å². The van der Waals surface area contributed by atoms with E-state index in [4.69, 9.17) is 15.6 Å². The average molecular weight is 382 g/mol. The van der Waals surface area contributed by atoms with Gasteiger partial charge in [-0.3, -0.25) is 4.68 Å². The molecule has 6 nitrogen and oxygen atoms in total. The van der Waals surface area contributed by atoms with Gasteiger partial charge >= 0.3 is 0 Å². The number of nitrogens with zero attached hydrogens (tertiary/aromatic N) is 4. The zero-order valence-corrected chi connectivity index (χ0v) is 16.6. The Kier molecular flexibility index (Phi) is 4.70. The first kappa shape index (κ1) is 17.7. The van der Waals surface area contributed by atoms with Crippen molar-refractivity contribution in [2.75, 3.05) is 18.6 Å². The summed E-state index contributed by atoms with van der Waals surface area (Å²) in [6, 6.07) is 8.10. The van der Waals surface area contributed by atoms with Crippen LogP contribution in [0.4, 0.5) is 5.82 Å². The van der Waals surface area contributed by atoms with Crippen molar-refractivity contribution in [3.8, 4) is 11.6 Å². The van der Waals surface area contributed by atoms with Crippen LogP contribution in [0.5, 0.6) is 5.75 Å². The van der Waals surface area contributed by atoms with E-state index in [1.165, 1.54) is 11.1 Å². The van der Waals surface area contributed by atoms with Crippen molar-refractivity contribution in [2.24, 2.45) is 7.05 Å². The molecule has 4 rings (SSSR count). The second-order valence-electron chi connectivity index (χ2n) is 6.40. The van der Waals surface area contributed by atoms with Crippen LogP contribution in [-0.4, -0.2) is 32.4 Å². The Balaban J connectivity index is 1.90. The number of aryl methyl sites for hydroxylation is 1. The fraction of sp³-hybridized carbons (Fsp3) is 0.300. The zero-order chi connectivity index (χ0) is 19.0. The highest BCUT2D eigenvalue weighted by atomic mass is 32.2. The molecule has 0 atom stereocenters. The molecular formula is C20H23N5OS. The minimum absolute atomic E-state index is 0.617. The van der Waals surface area contributed by atoms with Crippen LogP contribution < -0.4 is 10.5 Å². The SMILES string of the molecule is CCSc1nn(-c2ccn(C)n2)c(N)c1C1=CCCc2c(OC)cccc21. The average Bonchev–Trinajstić information content (AvgIpc) is 3.24. The standard InChI is InChI=1S/C20H23N5OS/c1-4-27-20-18(19(21)25(23-20)17-11-12-24(2)22-17)15-9-5-8-14-13(15)7-6-10-16(14)26-3/h6-7,9-12H,4-5,8,21H2,1-3H3. The summed E-state index contributed by atoms with van der Waals surface area (Å²) in [4.78, 5) is 0. The van der Waals surface area contributed by atoms with Gasteiger partial charge in [-0.15, -0.1) is 11.8 Å². The van der Waals surface area contributed by atoms with Crippen molar-refractivity contribution in [1.82, 2.24) is 19.6 Å². The van der Waals surface area contributed by atoms with E-state index in [0.29, 0.717) is 5.82 Å². The fourth-order valence-electron chi connectivity index (χ4n) is 3.57. The van der Waals surface area contributed by atoms with Gasteiger partial charge in [-0.1, -0.05) is 25.1 Å². The van der Waals surface area contributed by atoms with Crippen LogP contribution in [0, 0.1) is 0 Å². The lowest BCUT2D eigenvalue weighted by Crippen LogP contribution is -2.07. The Morgan fingerprint density at radius 2 is 2.11 bits per heavy atom. The summed E-state index contributed by atoms with van der Waals surface area (Å²) in [5.41, 5.74) is 11.1. The monoisotopic (exact) mass is 381 g/mol. The molecule has 0 saturated carbocycles. The lowest BCUT2D eigenvalue weighted by atomic mass is 9.87. The van der Waals surface area contributed by atoms with Crippen molar-refractivity contribution >= 4 is 23.2 Å². The van der Waals surface area contributed by atoms with Gasteiger partial charge in [0.2, 0.25) is 0 Å². The highest BCUT2D eigenvalue weighted by molar-refractivity contribution is 7.99. The number of aromatic nitrogens is 4. The highest BCUT2D eigenvalue weighted by Gasteiger charge is 2.26. The van der Waals surface area contributed by atoms with E-state index in [9.17, 15) is 0 Å². The van der Waals surface area contributed by atoms with Gasteiger partial charge in [0, 0.05) is 24.9 Å². The maximum absolute atomic E-state index is 6.60. The number of ether oxygens (including phenoxy) is 1. The number of nitrogen functional groups attached to an aromatic ring is 1. The largest absolute Gasteiger partial charge is 0.496 e. The fourth-order valence-corrected chi connectivity index (χ4v) is 4.34. The lowest BCUT2D eigenvalue weighted by Gasteiger charge is -2.20. The Bertz CT molecular complexity index is 1020. The molecule has 1 aliphatic carbocycles. The summed E-state index contributed by atoms with van der Waals surface area (Å²) in [6.45, 7) is 2.12. The predicted molar refractivity (Wildman–Crippen MR) is 110 cm³/mol. The normalized spacial score (nSPS) is 13.4. The maximum Gasteiger partial charge on any atom is 0.177 e. The number of anilines is 1. The molecule has 2 N–H and O–H groups in total. The topological polar surface area (TPSA) is 70.9 Å². The number of thioether (sulfide) groups is 1. The molecule has 0 fully saturated rings. The minimum atomic E-state index is 0.617. The van der Waals surface area contributed by atoms with Gasteiger partial charge in [-0.2, -0.15) is 14.9 Å². The van der Waals surface area contributed by atoms with Crippen LogP contribution in [0.15, 0.2) is 41.6 Å². The van der Waals surface area contributed by atoms with Crippen LogP contribution in [0.1, 0.15) is 30.0 Å². The molecule has 7 heteroatoms. The molecule has 0 saturated heterocycles. The molecule has 140 valence electrons. The van der Waals surface area contributed by atoms with Gasteiger partial charge in [-0.05, 0) is 35.8 Å². The lowest BCUT2D eigenvalue weighted by molar-refractivity contribution is 0.409. The third kappa shape index (κ3) is 3.02. The van der Waals surface area contributed by atoms with E-state index < -0.39 is 0 Å². The van der Waals surface area contributed by atoms with Gasteiger partial charge in [0.25, 0.3) is 0 Å². The van der Waals surface area contributed by atoms with Crippen molar-refractivity contribution < 1.29 is 4.74 Å². The third-order valence-corrected chi connectivity index (χ3v) is 5.59. The summed E-state index contributed by atoms with van der Waals surface area (Å²) in [5.74, 6) is 3.19. The van der Waals surface area contributed by atoms with Crippen LogP contribution in [0.25, 0.3) is 11.4 Å². The number of methoxy groups -OCH3 is 1. The summed E-state index contributed by atoms with van der Waals surface area (Å²) < 4.78 is 9.08. The first-order chi connectivity index (χ1) is 13.1. The number of nitrogens with two attached hydrogens (primary N) is 1. The third-order valence-electron chi connectivity index (χ3n) is 4.74. The van der Waals surface area contributed by atoms with Gasteiger partial charge < -0.3 is 10.5 Å². The molecule has 0 unspecified atom stereocenters. The predicted octanol–water partition coefficient (Wildman–Crippen LogP) is 3.69. The van der Waals surface area contributed by atoms with Gasteiger partial charge in [-0.25, -0.2) is 0 Å². The number of hydrogen-bond acceptors (Lipinski definition) is 5. The number of hydrogen-bond donors (Lipinski definition) is 1. The summed E-state index contributed by atoms with van der Waals surface area (Å²) in [6.07, 6.45) is 6.07. The van der Waals surface area contributed by atoms with E-state index in [2.05, 4.69) is 24.2 Å². The Morgan fingerprint density at radius 1 is 1.26 bits per heavy atom. The Hall–Kier alpha value is -2.67. The molecule has 3 aromatic rings. The van der Waals surface area contributed by atoms with Crippen molar-refractivity contribution in [1.29, 1.82) is 0 Å². The van der Waals surface area contributed by atoms with Gasteiger partial charge in [0.1, 0.15) is 16.6 Å². The second kappa shape index (κ2) is 7.15. The molecule has 0 bridgehead atoms. The maximum atomic E-state index is 6.60. The van der Waals surface area contributed by atoms with Crippen LogP contribution in [-0.2, 0) is 13.5 Å². The first-order valence-corrected chi connectivity index (χ1v) is 10.0. The smallest absolute Gasteiger partial charge is 0.177 e. The van der Waals surface area contributed by atoms with Gasteiger partial charge in [0.05, 0.1) is 12.7 Å². The second-order valence-corrected chi connectivity index (χ2v) is 7.65. The minimum Gasteiger partial charge on any atom is -0.496 e.